The number of hydrogen-bond acceptors (Lipinski definition) is 3. The standard InChI is InChI=1S/C15H22ClNO2/c1-2-17(10-12-6-5-9-19-12)11-15(18)13-7-3-4-8-14(13)16/h3-4,7-8,12,15,18H,2,5-6,9-11H2,1H3. The molecule has 0 spiro atoms. The van der Waals surface area contributed by atoms with Crippen molar-refractivity contribution in [1.82, 2.24) is 4.90 Å². The lowest BCUT2D eigenvalue weighted by Gasteiger charge is -2.26. The van der Waals surface area contributed by atoms with Gasteiger partial charge in [-0.15, -0.1) is 0 Å². The molecule has 0 saturated carbocycles. The van der Waals surface area contributed by atoms with E-state index in [0.717, 1.165) is 38.1 Å². The molecule has 19 heavy (non-hydrogen) atoms. The van der Waals surface area contributed by atoms with Crippen molar-refractivity contribution in [3.05, 3.63) is 34.9 Å². The van der Waals surface area contributed by atoms with Crippen LogP contribution in [0.3, 0.4) is 0 Å². The smallest absolute Gasteiger partial charge is 0.0931 e. The van der Waals surface area contributed by atoms with Gasteiger partial charge in [0.25, 0.3) is 0 Å². The first-order valence-corrected chi connectivity index (χ1v) is 7.35. The van der Waals surface area contributed by atoms with E-state index in [9.17, 15) is 5.11 Å². The zero-order chi connectivity index (χ0) is 13.7. The Labute approximate surface area is 120 Å². The van der Waals surface area contributed by atoms with Gasteiger partial charge in [0.05, 0.1) is 12.2 Å². The number of likely N-dealkylation sites (N-methyl/N-ethyl adjacent to an activating group) is 1. The zero-order valence-corrected chi connectivity index (χ0v) is 12.1. The molecule has 0 radical (unpaired) electrons. The van der Waals surface area contributed by atoms with E-state index in [0.29, 0.717) is 17.7 Å². The fourth-order valence-electron chi connectivity index (χ4n) is 2.50. The van der Waals surface area contributed by atoms with E-state index in [2.05, 4.69) is 11.8 Å². The average molecular weight is 284 g/mol. The van der Waals surface area contributed by atoms with Crippen LogP contribution in [0.25, 0.3) is 0 Å². The topological polar surface area (TPSA) is 32.7 Å². The molecule has 4 heteroatoms. The van der Waals surface area contributed by atoms with E-state index in [4.69, 9.17) is 16.3 Å². The van der Waals surface area contributed by atoms with Crippen LogP contribution in [0.2, 0.25) is 5.02 Å². The maximum Gasteiger partial charge on any atom is 0.0931 e. The number of aliphatic hydroxyl groups excluding tert-OH is 1. The summed E-state index contributed by atoms with van der Waals surface area (Å²) in [7, 11) is 0. The van der Waals surface area contributed by atoms with Crippen LogP contribution in [-0.4, -0.2) is 42.4 Å². The van der Waals surface area contributed by atoms with Crippen LogP contribution in [0.15, 0.2) is 24.3 Å². The highest BCUT2D eigenvalue weighted by Gasteiger charge is 2.21. The average Bonchev–Trinajstić information content (AvgIpc) is 2.91. The first-order chi connectivity index (χ1) is 9.20. The molecule has 3 nitrogen and oxygen atoms in total. The number of hydrogen-bond donors (Lipinski definition) is 1. The molecule has 1 aromatic carbocycles. The van der Waals surface area contributed by atoms with Gasteiger partial charge in [0.15, 0.2) is 0 Å². The monoisotopic (exact) mass is 283 g/mol. The summed E-state index contributed by atoms with van der Waals surface area (Å²) in [5.41, 5.74) is 0.801. The summed E-state index contributed by atoms with van der Waals surface area (Å²) in [6.07, 6.45) is 2.04. The minimum atomic E-state index is -0.546. The van der Waals surface area contributed by atoms with Crippen molar-refractivity contribution in [3.63, 3.8) is 0 Å². The number of benzene rings is 1. The predicted molar refractivity (Wildman–Crippen MR) is 77.5 cm³/mol. The summed E-state index contributed by atoms with van der Waals surface area (Å²) >= 11 is 6.11. The first kappa shape index (κ1) is 14.8. The lowest BCUT2D eigenvalue weighted by Crippen LogP contribution is -2.35. The Bertz CT molecular complexity index is 393. The molecule has 1 aromatic rings. The first-order valence-electron chi connectivity index (χ1n) is 6.97. The van der Waals surface area contributed by atoms with Crippen molar-refractivity contribution in [2.24, 2.45) is 0 Å². The van der Waals surface area contributed by atoms with Crippen LogP contribution in [0.1, 0.15) is 31.4 Å². The minimum absolute atomic E-state index is 0.318. The van der Waals surface area contributed by atoms with Gasteiger partial charge in [-0.3, -0.25) is 4.90 Å². The summed E-state index contributed by atoms with van der Waals surface area (Å²) in [6.45, 7) is 5.36. The Morgan fingerprint density at radius 1 is 1.47 bits per heavy atom. The van der Waals surface area contributed by atoms with Gasteiger partial charge in [-0.2, -0.15) is 0 Å². The van der Waals surface area contributed by atoms with Crippen molar-refractivity contribution in [2.45, 2.75) is 32.0 Å². The highest BCUT2D eigenvalue weighted by atomic mass is 35.5. The molecule has 0 aliphatic carbocycles. The second-order valence-corrected chi connectivity index (χ2v) is 5.43. The van der Waals surface area contributed by atoms with E-state index < -0.39 is 6.10 Å². The maximum atomic E-state index is 10.3. The highest BCUT2D eigenvalue weighted by Crippen LogP contribution is 2.23. The third-order valence-electron chi connectivity index (χ3n) is 3.63. The second kappa shape index (κ2) is 7.25. The summed E-state index contributed by atoms with van der Waals surface area (Å²) in [5, 5.41) is 10.9. The van der Waals surface area contributed by atoms with E-state index in [1.54, 1.807) is 0 Å². The van der Waals surface area contributed by atoms with Crippen LogP contribution in [0, 0.1) is 0 Å². The fourth-order valence-corrected chi connectivity index (χ4v) is 2.76. The van der Waals surface area contributed by atoms with Gasteiger partial charge >= 0.3 is 0 Å². The number of aliphatic hydroxyl groups is 1. The van der Waals surface area contributed by atoms with E-state index in [-0.39, 0.29) is 0 Å². The Kier molecular flexibility index (Phi) is 5.64. The van der Waals surface area contributed by atoms with Gasteiger partial charge in [0.2, 0.25) is 0 Å². The van der Waals surface area contributed by atoms with Crippen molar-refractivity contribution in [1.29, 1.82) is 0 Å². The van der Waals surface area contributed by atoms with Crippen molar-refractivity contribution in [3.8, 4) is 0 Å². The summed E-state index contributed by atoms with van der Waals surface area (Å²) in [5.74, 6) is 0. The Hall–Kier alpha value is -0.610. The van der Waals surface area contributed by atoms with Crippen molar-refractivity contribution in [2.75, 3.05) is 26.2 Å². The molecule has 106 valence electrons. The fraction of sp³-hybridized carbons (Fsp3) is 0.600. The molecule has 1 N–H and O–H groups in total. The van der Waals surface area contributed by atoms with Crippen LogP contribution in [-0.2, 0) is 4.74 Å². The molecule has 0 bridgehead atoms. The summed E-state index contributed by atoms with van der Waals surface area (Å²) in [6, 6.07) is 7.48. The molecule has 0 amide bonds. The summed E-state index contributed by atoms with van der Waals surface area (Å²) < 4.78 is 5.65. The molecule has 1 saturated heterocycles. The zero-order valence-electron chi connectivity index (χ0n) is 11.4. The lowest BCUT2D eigenvalue weighted by molar-refractivity contribution is 0.0516. The quantitative estimate of drug-likeness (QED) is 0.871. The number of nitrogens with zero attached hydrogens (tertiary/aromatic N) is 1. The van der Waals surface area contributed by atoms with Gasteiger partial charge in [0.1, 0.15) is 0 Å². The lowest BCUT2D eigenvalue weighted by atomic mass is 10.1. The Balaban J connectivity index is 1.92. The van der Waals surface area contributed by atoms with E-state index in [1.165, 1.54) is 0 Å². The normalized spacial score (nSPS) is 20.9. The van der Waals surface area contributed by atoms with Crippen LogP contribution >= 0.6 is 11.6 Å². The largest absolute Gasteiger partial charge is 0.387 e. The molecule has 1 heterocycles. The third kappa shape index (κ3) is 4.18. The van der Waals surface area contributed by atoms with Crippen LogP contribution in [0.4, 0.5) is 0 Å². The van der Waals surface area contributed by atoms with Crippen LogP contribution < -0.4 is 0 Å². The minimum Gasteiger partial charge on any atom is -0.387 e. The third-order valence-corrected chi connectivity index (χ3v) is 3.97. The molecular formula is C15H22ClNO2. The van der Waals surface area contributed by atoms with Gasteiger partial charge in [-0.25, -0.2) is 0 Å². The van der Waals surface area contributed by atoms with Gasteiger partial charge in [-0.05, 0) is 25.5 Å². The van der Waals surface area contributed by atoms with Gasteiger partial charge < -0.3 is 9.84 Å². The maximum absolute atomic E-state index is 10.3. The molecule has 2 atom stereocenters. The molecule has 2 rings (SSSR count). The van der Waals surface area contributed by atoms with E-state index in [1.807, 2.05) is 24.3 Å². The number of halogens is 1. The van der Waals surface area contributed by atoms with Crippen LogP contribution in [0.5, 0.6) is 0 Å². The number of ether oxygens (including phenoxy) is 1. The van der Waals surface area contributed by atoms with Crippen molar-refractivity contribution < 1.29 is 9.84 Å². The SMILES string of the molecule is CCN(CC1CCCO1)CC(O)c1ccccc1Cl. The van der Waals surface area contributed by atoms with Crippen molar-refractivity contribution >= 4 is 11.6 Å². The van der Waals surface area contributed by atoms with Gasteiger partial charge in [-0.1, -0.05) is 36.7 Å². The Morgan fingerprint density at radius 3 is 2.89 bits per heavy atom. The van der Waals surface area contributed by atoms with Gasteiger partial charge in [0, 0.05) is 30.3 Å². The molecular weight excluding hydrogens is 262 g/mol. The molecule has 1 fully saturated rings. The molecule has 1 aliphatic rings. The highest BCUT2D eigenvalue weighted by molar-refractivity contribution is 6.31. The predicted octanol–water partition coefficient (Wildman–Crippen LogP) is 2.87. The second-order valence-electron chi connectivity index (χ2n) is 5.02. The number of rotatable bonds is 6. The molecule has 2 unspecified atom stereocenters. The molecule has 1 aliphatic heterocycles. The summed E-state index contributed by atoms with van der Waals surface area (Å²) in [4.78, 5) is 2.23. The molecule has 0 aromatic heterocycles. The Morgan fingerprint density at radius 2 is 2.26 bits per heavy atom. The van der Waals surface area contributed by atoms with E-state index >= 15 is 0 Å².